The van der Waals surface area contributed by atoms with Gasteiger partial charge in [-0.3, -0.25) is 9.59 Å². The number of nitrogens with one attached hydrogen (secondary N) is 1. The SMILES string of the molecule is CC(=O)c1cccc(NC(=O)c2ccc(CSc3ccccc3)cc2)c1. The van der Waals surface area contributed by atoms with Crippen molar-refractivity contribution in [1.29, 1.82) is 0 Å². The Kier molecular flexibility index (Phi) is 5.87. The van der Waals surface area contributed by atoms with Gasteiger partial charge < -0.3 is 5.32 Å². The van der Waals surface area contributed by atoms with Gasteiger partial charge in [0.15, 0.2) is 5.78 Å². The molecule has 3 aromatic rings. The second-order valence-corrected chi connectivity index (χ2v) is 6.94. The highest BCUT2D eigenvalue weighted by Gasteiger charge is 2.08. The molecule has 0 bridgehead atoms. The van der Waals surface area contributed by atoms with E-state index >= 15 is 0 Å². The first-order valence-corrected chi connectivity index (χ1v) is 9.29. The molecular weight excluding hydrogens is 342 g/mol. The van der Waals surface area contributed by atoms with E-state index in [0.29, 0.717) is 16.8 Å². The van der Waals surface area contributed by atoms with Gasteiger partial charge in [-0.15, -0.1) is 11.8 Å². The average Bonchev–Trinajstić information content (AvgIpc) is 2.68. The van der Waals surface area contributed by atoms with Crippen molar-refractivity contribution >= 4 is 29.1 Å². The molecule has 0 fully saturated rings. The van der Waals surface area contributed by atoms with Crippen LogP contribution in [0, 0.1) is 0 Å². The normalized spacial score (nSPS) is 10.3. The number of benzene rings is 3. The van der Waals surface area contributed by atoms with Crippen LogP contribution < -0.4 is 5.32 Å². The Labute approximate surface area is 157 Å². The summed E-state index contributed by atoms with van der Waals surface area (Å²) in [6.45, 7) is 1.51. The highest BCUT2D eigenvalue weighted by Crippen LogP contribution is 2.22. The van der Waals surface area contributed by atoms with Crippen molar-refractivity contribution < 1.29 is 9.59 Å². The lowest BCUT2D eigenvalue weighted by Crippen LogP contribution is -2.12. The van der Waals surface area contributed by atoms with Gasteiger partial charge in [-0.2, -0.15) is 0 Å². The fourth-order valence-electron chi connectivity index (χ4n) is 2.45. The van der Waals surface area contributed by atoms with Crippen molar-refractivity contribution in [3.05, 3.63) is 95.6 Å². The Morgan fingerprint density at radius 3 is 2.27 bits per heavy atom. The van der Waals surface area contributed by atoms with Crippen molar-refractivity contribution in [1.82, 2.24) is 0 Å². The van der Waals surface area contributed by atoms with Gasteiger partial charge in [0, 0.05) is 27.5 Å². The Morgan fingerprint density at radius 1 is 0.846 bits per heavy atom. The van der Waals surface area contributed by atoms with E-state index in [1.165, 1.54) is 11.8 Å². The van der Waals surface area contributed by atoms with Gasteiger partial charge in [0.25, 0.3) is 5.91 Å². The van der Waals surface area contributed by atoms with Crippen LogP contribution in [0.1, 0.15) is 33.2 Å². The summed E-state index contributed by atoms with van der Waals surface area (Å²) < 4.78 is 0. The molecule has 130 valence electrons. The Hall–Kier alpha value is -2.85. The Morgan fingerprint density at radius 2 is 1.58 bits per heavy atom. The van der Waals surface area contributed by atoms with Gasteiger partial charge in [0.2, 0.25) is 0 Å². The lowest BCUT2D eigenvalue weighted by molar-refractivity contribution is 0.101. The molecule has 0 radical (unpaired) electrons. The van der Waals surface area contributed by atoms with E-state index in [9.17, 15) is 9.59 Å². The van der Waals surface area contributed by atoms with Crippen LogP contribution in [0.5, 0.6) is 0 Å². The lowest BCUT2D eigenvalue weighted by Gasteiger charge is -2.07. The molecule has 4 heteroatoms. The number of hydrogen-bond donors (Lipinski definition) is 1. The van der Waals surface area contributed by atoms with Gasteiger partial charge in [-0.05, 0) is 48.9 Å². The zero-order valence-electron chi connectivity index (χ0n) is 14.4. The van der Waals surface area contributed by atoms with Gasteiger partial charge in [0.1, 0.15) is 0 Å². The van der Waals surface area contributed by atoms with Gasteiger partial charge in [0.05, 0.1) is 0 Å². The fourth-order valence-corrected chi connectivity index (χ4v) is 3.33. The Balaban J connectivity index is 1.61. The summed E-state index contributed by atoms with van der Waals surface area (Å²) in [5.41, 5.74) is 2.95. The van der Waals surface area contributed by atoms with Crippen LogP contribution in [0.25, 0.3) is 0 Å². The van der Waals surface area contributed by atoms with E-state index < -0.39 is 0 Å². The second kappa shape index (κ2) is 8.50. The van der Waals surface area contributed by atoms with Crippen LogP contribution in [-0.4, -0.2) is 11.7 Å². The smallest absolute Gasteiger partial charge is 0.255 e. The summed E-state index contributed by atoms with van der Waals surface area (Å²) in [6, 6.07) is 24.8. The largest absolute Gasteiger partial charge is 0.322 e. The number of amides is 1. The zero-order chi connectivity index (χ0) is 18.4. The third-order valence-electron chi connectivity index (χ3n) is 3.89. The van der Waals surface area contributed by atoms with Crippen LogP contribution >= 0.6 is 11.8 Å². The standard InChI is InChI=1S/C22H19NO2S/c1-16(24)19-6-5-7-20(14-19)23-22(25)18-12-10-17(11-13-18)15-26-21-8-3-2-4-9-21/h2-14H,15H2,1H3,(H,23,25). The minimum Gasteiger partial charge on any atom is -0.322 e. The topological polar surface area (TPSA) is 46.2 Å². The number of hydrogen-bond acceptors (Lipinski definition) is 3. The average molecular weight is 361 g/mol. The third-order valence-corrected chi connectivity index (χ3v) is 4.97. The maximum Gasteiger partial charge on any atom is 0.255 e. The van der Waals surface area contributed by atoms with Crippen LogP contribution in [0.3, 0.4) is 0 Å². The summed E-state index contributed by atoms with van der Waals surface area (Å²) in [5, 5.41) is 2.83. The number of Topliss-reactive ketones (excluding diaryl/α,β-unsaturated/α-hetero) is 1. The lowest BCUT2D eigenvalue weighted by atomic mass is 10.1. The number of thioether (sulfide) groups is 1. The molecule has 0 saturated carbocycles. The van der Waals surface area contributed by atoms with E-state index in [2.05, 4.69) is 17.4 Å². The monoisotopic (exact) mass is 361 g/mol. The van der Waals surface area contributed by atoms with Crippen molar-refractivity contribution in [2.45, 2.75) is 17.6 Å². The van der Waals surface area contributed by atoms with E-state index in [0.717, 1.165) is 11.3 Å². The van der Waals surface area contributed by atoms with Gasteiger partial charge in [-0.1, -0.05) is 42.5 Å². The van der Waals surface area contributed by atoms with Crippen molar-refractivity contribution in [2.24, 2.45) is 0 Å². The molecule has 0 aliphatic carbocycles. The van der Waals surface area contributed by atoms with E-state index in [1.807, 2.05) is 42.5 Å². The highest BCUT2D eigenvalue weighted by molar-refractivity contribution is 7.98. The van der Waals surface area contributed by atoms with Gasteiger partial charge in [-0.25, -0.2) is 0 Å². The molecule has 0 atom stereocenters. The van der Waals surface area contributed by atoms with E-state index in [1.54, 1.807) is 36.0 Å². The molecule has 0 aliphatic rings. The molecule has 3 aromatic carbocycles. The fraction of sp³-hybridized carbons (Fsp3) is 0.0909. The van der Waals surface area contributed by atoms with Crippen molar-refractivity contribution in [3.8, 4) is 0 Å². The summed E-state index contributed by atoms with van der Waals surface area (Å²) >= 11 is 1.76. The first-order chi connectivity index (χ1) is 12.6. The molecule has 26 heavy (non-hydrogen) atoms. The molecule has 1 N–H and O–H groups in total. The number of rotatable bonds is 6. The molecule has 3 nitrogen and oxygen atoms in total. The first kappa shape index (κ1) is 18.0. The van der Waals surface area contributed by atoms with E-state index in [-0.39, 0.29) is 11.7 Å². The molecular formula is C22H19NO2S. The predicted octanol–water partition coefficient (Wildman–Crippen LogP) is 5.43. The number of ketones is 1. The van der Waals surface area contributed by atoms with Crippen LogP contribution in [0.2, 0.25) is 0 Å². The molecule has 1 amide bonds. The minimum absolute atomic E-state index is 0.0265. The minimum atomic E-state index is -0.187. The first-order valence-electron chi connectivity index (χ1n) is 8.31. The molecule has 3 rings (SSSR count). The van der Waals surface area contributed by atoms with Crippen LogP contribution in [0.4, 0.5) is 5.69 Å². The van der Waals surface area contributed by atoms with Crippen LogP contribution in [0.15, 0.2) is 83.8 Å². The summed E-state index contributed by atoms with van der Waals surface area (Å²) in [6.07, 6.45) is 0. The molecule has 0 unspecified atom stereocenters. The summed E-state index contributed by atoms with van der Waals surface area (Å²) in [5.74, 6) is 0.640. The third kappa shape index (κ3) is 4.83. The molecule has 0 aromatic heterocycles. The molecule has 0 saturated heterocycles. The second-order valence-electron chi connectivity index (χ2n) is 5.89. The van der Waals surface area contributed by atoms with Crippen molar-refractivity contribution in [3.63, 3.8) is 0 Å². The number of carbonyl (C=O) groups excluding carboxylic acids is 2. The van der Waals surface area contributed by atoms with E-state index in [4.69, 9.17) is 0 Å². The number of carbonyl (C=O) groups is 2. The predicted molar refractivity (Wildman–Crippen MR) is 107 cm³/mol. The molecule has 0 heterocycles. The number of anilines is 1. The zero-order valence-corrected chi connectivity index (χ0v) is 15.3. The molecule has 0 aliphatic heterocycles. The summed E-state index contributed by atoms with van der Waals surface area (Å²) in [4.78, 5) is 25.0. The quantitative estimate of drug-likeness (QED) is 0.470. The maximum absolute atomic E-state index is 12.4. The van der Waals surface area contributed by atoms with Gasteiger partial charge >= 0.3 is 0 Å². The maximum atomic E-state index is 12.4. The highest BCUT2D eigenvalue weighted by atomic mass is 32.2. The summed E-state index contributed by atoms with van der Waals surface area (Å²) in [7, 11) is 0. The Bertz CT molecular complexity index is 905. The van der Waals surface area contributed by atoms with Crippen molar-refractivity contribution in [2.75, 3.05) is 5.32 Å². The van der Waals surface area contributed by atoms with Crippen LogP contribution in [-0.2, 0) is 5.75 Å². The molecule has 0 spiro atoms.